The third-order valence-electron chi connectivity index (χ3n) is 3.36. The maximum Gasteiger partial charge on any atom is 0.263 e. The van der Waals surface area contributed by atoms with E-state index in [-0.39, 0.29) is 29.8 Å². The molecule has 0 aliphatic carbocycles. The lowest BCUT2D eigenvalue weighted by molar-refractivity contribution is -0.132. The summed E-state index contributed by atoms with van der Waals surface area (Å²) in [5, 5.41) is 1.69. The van der Waals surface area contributed by atoms with Gasteiger partial charge >= 0.3 is 0 Å². The summed E-state index contributed by atoms with van der Waals surface area (Å²) in [6.07, 6.45) is 1.61. The van der Waals surface area contributed by atoms with Crippen LogP contribution in [0, 0.1) is 0 Å². The summed E-state index contributed by atoms with van der Waals surface area (Å²) in [7, 11) is -2.22. The van der Waals surface area contributed by atoms with Crippen LogP contribution in [0.5, 0.6) is 0 Å². The molecule has 2 aromatic rings. The maximum atomic E-state index is 12.8. The van der Waals surface area contributed by atoms with Crippen molar-refractivity contribution in [1.29, 1.82) is 0 Å². The Labute approximate surface area is 125 Å². The van der Waals surface area contributed by atoms with Crippen molar-refractivity contribution in [3.8, 4) is 0 Å². The van der Waals surface area contributed by atoms with E-state index in [4.69, 9.17) is 5.84 Å². The smallest absolute Gasteiger partial charge is 0.263 e. The Morgan fingerprint density at radius 2 is 2.19 bits per heavy atom. The Hall–Kier alpha value is -1.69. The molecule has 0 aromatic carbocycles. The average molecular weight is 330 g/mol. The first kappa shape index (κ1) is 14.3. The zero-order valence-electron chi connectivity index (χ0n) is 11.2. The van der Waals surface area contributed by atoms with Crippen LogP contribution in [0.15, 0.2) is 16.6 Å². The number of hydrazine groups is 1. The number of sulfonamides is 1. The van der Waals surface area contributed by atoms with Crippen LogP contribution in [0.25, 0.3) is 4.96 Å². The average Bonchev–Trinajstić information content (AvgIpc) is 3.00. The van der Waals surface area contributed by atoms with Crippen LogP contribution in [0.2, 0.25) is 0 Å². The van der Waals surface area contributed by atoms with Crippen molar-refractivity contribution >= 4 is 38.0 Å². The lowest BCUT2D eigenvalue weighted by Gasteiger charge is -2.31. The standard InChI is InChI=1S/C10H14N6O3S2/c1-14-2-3-15(6-7(14)17)21(18,19)9-8(13-11)12-10-16(9)4-5-20-10/h4-5,13H,2-3,6,11H2,1H3. The number of hydrogen-bond acceptors (Lipinski definition) is 7. The number of fused-ring (bicyclic) bond motifs is 1. The summed E-state index contributed by atoms with van der Waals surface area (Å²) >= 11 is 1.30. The Morgan fingerprint density at radius 3 is 2.86 bits per heavy atom. The van der Waals surface area contributed by atoms with E-state index < -0.39 is 10.0 Å². The minimum Gasteiger partial charge on any atom is -0.343 e. The first-order valence-electron chi connectivity index (χ1n) is 6.11. The van der Waals surface area contributed by atoms with E-state index in [2.05, 4.69) is 10.4 Å². The van der Waals surface area contributed by atoms with Crippen molar-refractivity contribution in [3.05, 3.63) is 11.6 Å². The molecule has 1 aliphatic rings. The van der Waals surface area contributed by atoms with Crippen LogP contribution in [-0.2, 0) is 14.8 Å². The Balaban J connectivity index is 2.08. The largest absolute Gasteiger partial charge is 0.343 e. The molecule has 1 saturated heterocycles. The number of piperazine rings is 1. The van der Waals surface area contributed by atoms with Gasteiger partial charge in [-0.15, -0.1) is 11.3 Å². The maximum absolute atomic E-state index is 12.8. The quantitative estimate of drug-likeness (QED) is 0.559. The van der Waals surface area contributed by atoms with Crippen LogP contribution in [0.1, 0.15) is 0 Å². The molecule has 114 valence electrons. The lowest BCUT2D eigenvalue weighted by Crippen LogP contribution is -2.50. The molecular formula is C10H14N6O3S2. The van der Waals surface area contributed by atoms with E-state index in [1.165, 1.54) is 20.6 Å². The Morgan fingerprint density at radius 1 is 1.43 bits per heavy atom. The van der Waals surface area contributed by atoms with E-state index in [0.29, 0.717) is 11.5 Å². The number of nitrogens with one attached hydrogen (secondary N) is 1. The van der Waals surface area contributed by atoms with E-state index in [9.17, 15) is 13.2 Å². The highest BCUT2D eigenvalue weighted by molar-refractivity contribution is 7.89. The molecule has 1 fully saturated rings. The molecule has 21 heavy (non-hydrogen) atoms. The van der Waals surface area contributed by atoms with E-state index in [1.54, 1.807) is 18.6 Å². The summed E-state index contributed by atoms with van der Waals surface area (Å²) in [6.45, 7) is 0.418. The number of amides is 1. The number of nitrogen functional groups attached to an aromatic ring is 1. The van der Waals surface area contributed by atoms with Crippen molar-refractivity contribution in [2.24, 2.45) is 5.84 Å². The van der Waals surface area contributed by atoms with Crippen molar-refractivity contribution in [1.82, 2.24) is 18.6 Å². The minimum atomic E-state index is -3.86. The third-order valence-corrected chi connectivity index (χ3v) is 5.99. The van der Waals surface area contributed by atoms with Crippen molar-refractivity contribution < 1.29 is 13.2 Å². The Bertz CT molecular complexity index is 795. The third kappa shape index (κ3) is 2.18. The topological polar surface area (TPSA) is 113 Å². The molecule has 2 aromatic heterocycles. The van der Waals surface area contributed by atoms with Gasteiger partial charge in [-0.05, 0) is 0 Å². The molecule has 9 nitrogen and oxygen atoms in total. The summed E-state index contributed by atoms with van der Waals surface area (Å²) < 4.78 is 28.2. The normalized spacial score (nSPS) is 17.6. The van der Waals surface area contributed by atoms with Gasteiger partial charge in [0, 0.05) is 31.7 Å². The number of thiazole rings is 1. The first-order chi connectivity index (χ1) is 9.95. The summed E-state index contributed by atoms with van der Waals surface area (Å²) in [5.74, 6) is 5.21. The summed E-state index contributed by atoms with van der Waals surface area (Å²) in [4.78, 5) is 17.9. The molecule has 3 heterocycles. The minimum absolute atomic E-state index is 0.0430. The van der Waals surface area contributed by atoms with Crippen LogP contribution in [-0.4, -0.2) is 59.6 Å². The zero-order chi connectivity index (χ0) is 15.2. The number of aromatic nitrogens is 2. The lowest BCUT2D eigenvalue weighted by atomic mass is 10.4. The number of rotatable bonds is 3. The van der Waals surface area contributed by atoms with Gasteiger partial charge in [0.05, 0.1) is 6.54 Å². The number of carbonyl (C=O) groups is 1. The number of nitrogens with zero attached hydrogens (tertiary/aromatic N) is 4. The molecule has 1 amide bonds. The first-order valence-corrected chi connectivity index (χ1v) is 8.43. The molecule has 0 unspecified atom stereocenters. The second kappa shape index (κ2) is 4.94. The SMILES string of the molecule is CN1CCN(S(=O)(=O)c2c(NN)nc3sccn23)CC1=O. The second-order valence-corrected chi connectivity index (χ2v) is 7.35. The molecule has 0 spiro atoms. The molecule has 0 saturated carbocycles. The van der Waals surface area contributed by atoms with Gasteiger partial charge in [-0.25, -0.2) is 14.3 Å². The highest BCUT2D eigenvalue weighted by Crippen LogP contribution is 2.28. The number of likely N-dealkylation sites (N-methyl/N-ethyl adjacent to an activating group) is 1. The predicted molar refractivity (Wildman–Crippen MR) is 77.3 cm³/mol. The molecular weight excluding hydrogens is 316 g/mol. The van der Waals surface area contributed by atoms with Crippen molar-refractivity contribution in [2.45, 2.75) is 5.03 Å². The molecule has 3 N–H and O–H groups in total. The molecule has 11 heteroatoms. The number of imidazole rings is 1. The van der Waals surface area contributed by atoms with Gasteiger partial charge in [0.25, 0.3) is 10.0 Å². The predicted octanol–water partition coefficient (Wildman–Crippen LogP) is -0.856. The van der Waals surface area contributed by atoms with Crippen molar-refractivity contribution in [3.63, 3.8) is 0 Å². The van der Waals surface area contributed by atoms with Crippen LogP contribution >= 0.6 is 11.3 Å². The van der Waals surface area contributed by atoms with Crippen LogP contribution in [0.3, 0.4) is 0 Å². The molecule has 0 radical (unpaired) electrons. The van der Waals surface area contributed by atoms with Crippen molar-refractivity contribution in [2.75, 3.05) is 32.1 Å². The number of nitrogens with two attached hydrogens (primary N) is 1. The second-order valence-electron chi connectivity index (χ2n) is 4.62. The van der Waals surface area contributed by atoms with Gasteiger partial charge in [-0.2, -0.15) is 9.29 Å². The number of carbonyl (C=O) groups excluding carboxylic acids is 1. The molecule has 0 bridgehead atoms. The van der Waals surface area contributed by atoms with Gasteiger partial charge in [0.1, 0.15) is 0 Å². The summed E-state index contributed by atoms with van der Waals surface area (Å²) in [6, 6.07) is 0. The van der Waals surface area contributed by atoms with Gasteiger partial charge < -0.3 is 10.3 Å². The fourth-order valence-electron chi connectivity index (χ4n) is 2.17. The fourth-order valence-corrected chi connectivity index (χ4v) is 4.53. The van der Waals surface area contributed by atoms with E-state index >= 15 is 0 Å². The molecule has 3 rings (SSSR count). The van der Waals surface area contributed by atoms with Gasteiger partial charge in [0.2, 0.25) is 10.9 Å². The van der Waals surface area contributed by atoms with Gasteiger partial charge in [0.15, 0.2) is 10.8 Å². The van der Waals surface area contributed by atoms with Crippen LogP contribution in [0.4, 0.5) is 5.82 Å². The highest BCUT2D eigenvalue weighted by atomic mass is 32.2. The van der Waals surface area contributed by atoms with E-state index in [1.807, 2.05) is 0 Å². The molecule has 1 aliphatic heterocycles. The fraction of sp³-hybridized carbons (Fsp3) is 0.400. The van der Waals surface area contributed by atoms with E-state index in [0.717, 1.165) is 4.31 Å². The van der Waals surface area contributed by atoms with Gasteiger partial charge in [-0.3, -0.25) is 9.20 Å². The van der Waals surface area contributed by atoms with Gasteiger partial charge in [-0.1, -0.05) is 0 Å². The highest BCUT2D eigenvalue weighted by Gasteiger charge is 2.36. The van der Waals surface area contributed by atoms with Crippen LogP contribution < -0.4 is 11.3 Å². The monoisotopic (exact) mass is 330 g/mol. The zero-order valence-corrected chi connectivity index (χ0v) is 12.8. The number of hydrogen-bond donors (Lipinski definition) is 2. The Kier molecular flexibility index (Phi) is 3.36. The molecule has 0 atom stereocenters. The summed E-state index contributed by atoms with van der Waals surface area (Å²) in [5.41, 5.74) is 2.31. The number of anilines is 1.